The maximum Gasteiger partial charge on any atom is 0.373 e. The molecule has 0 saturated heterocycles. The number of ketones is 1. The quantitative estimate of drug-likeness (QED) is 0.693. The van der Waals surface area contributed by atoms with Gasteiger partial charge < -0.3 is 14.2 Å². The number of carbonyl (C=O) groups is 3. The minimum absolute atomic E-state index is 0.168. The first kappa shape index (κ1) is 14.2. The summed E-state index contributed by atoms with van der Waals surface area (Å²) >= 11 is 0. The molecule has 0 aliphatic carbocycles. The van der Waals surface area contributed by atoms with Crippen molar-refractivity contribution in [1.29, 1.82) is 0 Å². The summed E-state index contributed by atoms with van der Waals surface area (Å²) in [5, 5.41) is 0. The summed E-state index contributed by atoms with van der Waals surface area (Å²) in [5.41, 5.74) is -1.38. The minimum Gasteiger partial charge on any atom is -0.482 e. The molecule has 6 nitrogen and oxygen atoms in total. The Hall–Kier alpha value is -1.85. The molecule has 1 unspecified atom stereocenters. The van der Waals surface area contributed by atoms with Gasteiger partial charge in [0.15, 0.2) is 0 Å². The van der Waals surface area contributed by atoms with Crippen molar-refractivity contribution in [1.82, 2.24) is 0 Å². The molecule has 1 rings (SSSR count). The predicted molar refractivity (Wildman–Crippen MR) is 60.4 cm³/mol. The summed E-state index contributed by atoms with van der Waals surface area (Å²) in [6.45, 7) is 5.80. The summed E-state index contributed by atoms with van der Waals surface area (Å²) in [7, 11) is 0. The van der Waals surface area contributed by atoms with Gasteiger partial charge in [-0.25, -0.2) is 4.79 Å². The van der Waals surface area contributed by atoms with Crippen LogP contribution in [0.25, 0.3) is 0 Å². The first-order valence-corrected chi connectivity index (χ1v) is 5.54. The van der Waals surface area contributed by atoms with Crippen LogP contribution in [0, 0.1) is 0 Å². The molecular weight excluding hydrogens is 240 g/mol. The van der Waals surface area contributed by atoms with Crippen LogP contribution in [0.1, 0.15) is 27.7 Å². The maximum atomic E-state index is 11.8. The highest BCUT2D eigenvalue weighted by Crippen LogP contribution is 2.22. The third kappa shape index (κ3) is 3.32. The highest BCUT2D eigenvalue weighted by Gasteiger charge is 2.41. The van der Waals surface area contributed by atoms with E-state index in [9.17, 15) is 14.4 Å². The largest absolute Gasteiger partial charge is 0.482 e. The molecule has 0 N–H and O–H groups in total. The van der Waals surface area contributed by atoms with E-state index in [1.807, 2.05) is 0 Å². The molecule has 1 aliphatic heterocycles. The van der Waals surface area contributed by atoms with E-state index >= 15 is 0 Å². The fraction of sp³-hybridized carbons (Fsp3) is 0.583. The molecule has 1 aliphatic rings. The van der Waals surface area contributed by atoms with Crippen molar-refractivity contribution < 1.29 is 28.6 Å². The van der Waals surface area contributed by atoms with E-state index in [-0.39, 0.29) is 18.5 Å². The summed E-state index contributed by atoms with van der Waals surface area (Å²) in [5.74, 6) is -1.96. The van der Waals surface area contributed by atoms with Crippen molar-refractivity contribution in [2.75, 3.05) is 6.61 Å². The lowest BCUT2D eigenvalue weighted by molar-refractivity contribution is -0.170. The van der Waals surface area contributed by atoms with Crippen LogP contribution in [0.2, 0.25) is 0 Å². The second-order valence-electron chi connectivity index (χ2n) is 4.44. The van der Waals surface area contributed by atoms with Crippen molar-refractivity contribution in [3.8, 4) is 0 Å². The predicted octanol–water partition coefficient (Wildman–Crippen LogP) is 0.743. The topological polar surface area (TPSA) is 78.9 Å². The summed E-state index contributed by atoms with van der Waals surface area (Å²) in [6, 6.07) is 0. The highest BCUT2D eigenvalue weighted by molar-refractivity contribution is 6.04. The molecule has 1 atom stereocenters. The molecule has 100 valence electrons. The molecule has 0 fully saturated rings. The monoisotopic (exact) mass is 256 g/mol. The molecule has 0 spiro atoms. The zero-order valence-corrected chi connectivity index (χ0v) is 10.8. The Morgan fingerprint density at radius 2 is 2.06 bits per heavy atom. The Labute approximate surface area is 105 Å². The molecule has 0 aromatic heterocycles. The molecule has 0 aromatic rings. The Bertz CT molecular complexity index is 409. The zero-order valence-electron chi connectivity index (χ0n) is 10.8. The Kier molecular flexibility index (Phi) is 4.11. The molecule has 0 amide bonds. The second-order valence-corrected chi connectivity index (χ2v) is 4.44. The van der Waals surface area contributed by atoms with E-state index < -0.39 is 23.3 Å². The van der Waals surface area contributed by atoms with Crippen LogP contribution >= 0.6 is 0 Å². The van der Waals surface area contributed by atoms with E-state index in [0.29, 0.717) is 0 Å². The van der Waals surface area contributed by atoms with Crippen molar-refractivity contribution in [3.05, 3.63) is 11.8 Å². The molecular formula is C12H16O6. The van der Waals surface area contributed by atoms with Crippen molar-refractivity contribution in [2.45, 2.75) is 39.4 Å². The van der Waals surface area contributed by atoms with Crippen molar-refractivity contribution in [2.24, 2.45) is 0 Å². The summed E-state index contributed by atoms with van der Waals surface area (Å²) in [6.07, 6.45) is 0.691. The van der Waals surface area contributed by atoms with Gasteiger partial charge in [-0.15, -0.1) is 0 Å². The van der Waals surface area contributed by atoms with E-state index in [1.165, 1.54) is 13.8 Å². The standard InChI is InChI=1S/C12H16O6/c1-7(2)17-11(15)9-5-10(14)12(4,6-16-9)18-8(3)13/h5,7H,6H2,1-4H3. The first-order chi connectivity index (χ1) is 8.24. The number of ether oxygens (including phenoxy) is 3. The average Bonchev–Trinajstić information content (AvgIpc) is 2.20. The van der Waals surface area contributed by atoms with E-state index in [4.69, 9.17) is 14.2 Å². The number of hydrogen-bond acceptors (Lipinski definition) is 6. The fourth-order valence-corrected chi connectivity index (χ4v) is 1.39. The van der Waals surface area contributed by atoms with Crippen LogP contribution < -0.4 is 0 Å². The molecule has 18 heavy (non-hydrogen) atoms. The molecule has 0 bridgehead atoms. The molecule has 0 aromatic carbocycles. The number of hydrogen-bond donors (Lipinski definition) is 0. The first-order valence-electron chi connectivity index (χ1n) is 5.54. The van der Waals surface area contributed by atoms with Crippen LogP contribution in [0.15, 0.2) is 11.8 Å². The van der Waals surface area contributed by atoms with Crippen LogP contribution in [0.3, 0.4) is 0 Å². The van der Waals surface area contributed by atoms with Gasteiger partial charge in [-0.05, 0) is 20.8 Å². The van der Waals surface area contributed by atoms with Crippen LogP contribution in [0.4, 0.5) is 0 Å². The lowest BCUT2D eigenvalue weighted by Crippen LogP contribution is -2.46. The SMILES string of the molecule is CC(=O)OC1(C)COC(C(=O)OC(C)C)=CC1=O. The summed E-state index contributed by atoms with van der Waals surface area (Å²) < 4.78 is 14.9. The smallest absolute Gasteiger partial charge is 0.373 e. The second kappa shape index (κ2) is 5.20. The third-order valence-electron chi connectivity index (χ3n) is 2.20. The Balaban J connectivity index is 2.80. The van der Waals surface area contributed by atoms with E-state index in [2.05, 4.69) is 0 Å². The van der Waals surface area contributed by atoms with Gasteiger partial charge in [0.25, 0.3) is 0 Å². The zero-order chi connectivity index (χ0) is 13.9. The Morgan fingerprint density at radius 1 is 1.44 bits per heavy atom. The number of rotatable bonds is 3. The molecule has 6 heteroatoms. The Morgan fingerprint density at radius 3 is 2.50 bits per heavy atom. The van der Waals surface area contributed by atoms with Gasteiger partial charge in [-0.1, -0.05) is 0 Å². The third-order valence-corrected chi connectivity index (χ3v) is 2.20. The van der Waals surface area contributed by atoms with Gasteiger partial charge in [-0.3, -0.25) is 9.59 Å². The maximum absolute atomic E-state index is 11.8. The van der Waals surface area contributed by atoms with Gasteiger partial charge in [0.05, 0.1) is 6.10 Å². The van der Waals surface area contributed by atoms with E-state index in [1.54, 1.807) is 13.8 Å². The van der Waals surface area contributed by atoms with E-state index in [0.717, 1.165) is 6.08 Å². The molecule has 1 heterocycles. The van der Waals surface area contributed by atoms with Crippen LogP contribution in [-0.4, -0.2) is 36.0 Å². The fourth-order valence-electron chi connectivity index (χ4n) is 1.39. The van der Waals surface area contributed by atoms with Gasteiger partial charge >= 0.3 is 11.9 Å². The normalized spacial score (nSPS) is 23.2. The van der Waals surface area contributed by atoms with Gasteiger partial charge in [0, 0.05) is 13.0 Å². The van der Waals surface area contributed by atoms with Crippen molar-refractivity contribution in [3.63, 3.8) is 0 Å². The number of esters is 2. The molecule has 0 saturated carbocycles. The average molecular weight is 256 g/mol. The minimum atomic E-state index is -1.38. The number of carbonyl (C=O) groups excluding carboxylic acids is 3. The van der Waals surface area contributed by atoms with Gasteiger partial charge in [0.2, 0.25) is 17.1 Å². The lowest BCUT2D eigenvalue weighted by atomic mass is 9.99. The van der Waals surface area contributed by atoms with Crippen molar-refractivity contribution >= 4 is 17.7 Å². The molecule has 0 radical (unpaired) electrons. The summed E-state index contributed by atoms with van der Waals surface area (Å²) in [4.78, 5) is 34.2. The van der Waals surface area contributed by atoms with Crippen LogP contribution in [-0.2, 0) is 28.6 Å². The highest BCUT2D eigenvalue weighted by atomic mass is 16.6. The van der Waals surface area contributed by atoms with Gasteiger partial charge in [-0.2, -0.15) is 0 Å². The lowest BCUT2D eigenvalue weighted by Gasteiger charge is -2.30. The van der Waals surface area contributed by atoms with Crippen LogP contribution in [0.5, 0.6) is 0 Å². The van der Waals surface area contributed by atoms with Gasteiger partial charge in [0.1, 0.15) is 6.61 Å².